The molecule has 0 aromatic heterocycles. The largest absolute Gasteiger partial charge is 0.739 e. The summed E-state index contributed by atoms with van der Waals surface area (Å²) in [7, 11) is -7.97. The van der Waals surface area contributed by atoms with Crippen LogP contribution in [0.25, 0.3) is 20.8 Å². The molecule has 0 atom stereocenters. The van der Waals surface area contributed by atoms with Crippen molar-refractivity contribution in [2.75, 3.05) is 110 Å². The van der Waals surface area contributed by atoms with Crippen LogP contribution in [0.1, 0.15) is 90.5 Å². The number of aliphatic imine (C=N–C) groups is 1. The van der Waals surface area contributed by atoms with Gasteiger partial charge in [0.25, 0.3) is 0 Å². The minimum atomic E-state index is -4.49. The molecule has 7 rings (SSSR count). The van der Waals surface area contributed by atoms with Crippen LogP contribution in [-0.4, -0.2) is 125 Å². The fraction of sp³-hybridized carbons (Fsp3) is 0.410. The van der Waals surface area contributed by atoms with E-state index in [0.29, 0.717) is 48.5 Å². The van der Waals surface area contributed by atoms with Crippen LogP contribution in [0.2, 0.25) is 0 Å². The molecule has 5 N–H and O–H groups in total. The summed E-state index contributed by atoms with van der Waals surface area (Å²) in [5.41, 5.74) is 21.1. The van der Waals surface area contributed by atoms with Crippen molar-refractivity contribution in [2.45, 2.75) is 100 Å². The van der Waals surface area contributed by atoms with Crippen molar-refractivity contribution < 1.29 is 30.5 Å². The molecule has 0 amide bonds. The lowest BCUT2D eigenvalue weighted by Gasteiger charge is -2.22. The number of hydrogen-bond acceptors (Lipinski definition) is 16. The van der Waals surface area contributed by atoms with Gasteiger partial charge in [-0.25, -0.2) is 27.5 Å². The van der Waals surface area contributed by atoms with E-state index >= 15 is 0 Å². The molecule has 2 aliphatic carbocycles. The van der Waals surface area contributed by atoms with E-state index in [1.54, 1.807) is 24.3 Å². The molecule has 16 nitrogen and oxygen atoms in total. The number of nitrogens with zero attached hydrogens (tertiary/aromatic N) is 8. The zero-order chi connectivity index (χ0) is 59.9. The molecule has 0 saturated heterocycles. The molecule has 0 bridgehead atoms. The normalized spacial score (nSPS) is 11.8. The molecule has 0 unspecified atom stereocenters. The molecule has 448 valence electrons. The van der Waals surface area contributed by atoms with Gasteiger partial charge in [-0.05, 0) is 191 Å². The lowest BCUT2D eigenvalue weighted by molar-refractivity contribution is -0.519. The third-order valence-corrected chi connectivity index (χ3v) is 18.3. The van der Waals surface area contributed by atoms with Crippen molar-refractivity contribution in [3.05, 3.63) is 127 Å². The lowest BCUT2D eigenvalue weighted by atomic mass is 10.1. The van der Waals surface area contributed by atoms with Gasteiger partial charge >= 0.3 is 9.15 Å². The van der Waals surface area contributed by atoms with Gasteiger partial charge in [-0.2, -0.15) is 8.42 Å². The molecular weight excluding hydrogens is 1130 g/mol. The monoisotopic (exact) mass is 1220 g/mol. The van der Waals surface area contributed by atoms with Gasteiger partial charge in [0.2, 0.25) is 5.36 Å². The molecule has 0 fully saturated rings. The predicted octanol–water partition coefficient (Wildman–Crippen LogP) is 12.6. The summed E-state index contributed by atoms with van der Waals surface area (Å²) in [4.78, 5) is 20.2. The zero-order valence-corrected chi connectivity index (χ0v) is 53.4. The van der Waals surface area contributed by atoms with Crippen LogP contribution in [0.15, 0.2) is 136 Å². The third kappa shape index (κ3) is 21.4. The fourth-order valence-electron chi connectivity index (χ4n) is 8.96. The number of hydrogen-bond donors (Lipinski definition) is 3. The van der Waals surface area contributed by atoms with Crippen molar-refractivity contribution in [3.63, 3.8) is 0 Å². The first-order chi connectivity index (χ1) is 38.6. The molecule has 4 aromatic carbocycles. The summed E-state index contributed by atoms with van der Waals surface area (Å²) in [6, 6.07) is 31.7. The topological polar surface area (TPSA) is 208 Å². The second-order valence-electron chi connectivity index (χ2n) is 18.1. The Labute approximate surface area is 501 Å². The van der Waals surface area contributed by atoms with E-state index in [-0.39, 0.29) is 7.43 Å². The molecular formula is C61H89N10O6S5+. The van der Waals surface area contributed by atoms with Crippen molar-refractivity contribution in [1.29, 1.82) is 0 Å². The third-order valence-electron chi connectivity index (χ3n) is 13.4. The van der Waals surface area contributed by atoms with E-state index in [0.717, 1.165) is 113 Å². The summed E-state index contributed by atoms with van der Waals surface area (Å²) < 4.78 is 70.4. The molecule has 82 heavy (non-hydrogen) atoms. The summed E-state index contributed by atoms with van der Waals surface area (Å²) >= 11 is 1.84. The van der Waals surface area contributed by atoms with E-state index in [1.807, 2.05) is 87.6 Å². The van der Waals surface area contributed by atoms with Crippen molar-refractivity contribution in [3.8, 4) is 10.6 Å². The van der Waals surface area contributed by atoms with Gasteiger partial charge in [-0.3, -0.25) is 4.55 Å². The number of allylic oxidation sites excluding steroid dienone is 4. The maximum Gasteiger partial charge on any atom is 0.324 e. The Kier molecular flexibility index (Phi) is 29.7. The lowest BCUT2D eigenvalue weighted by Crippen LogP contribution is -2.29. The Morgan fingerprint density at radius 3 is 1.51 bits per heavy atom. The Bertz CT molecular complexity index is 3340. The van der Waals surface area contributed by atoms with E-state index in [1.165, 1.54) is 26.3 Å². The SMILES string of the molecule is C.CCN(CC)c1ccc(N)c(SS(=O)(=O)O)c1.CCN(CC)c1ccc(N)cc1.CCN(CC)c1ccc(N=C2C=CC(=[N+](CC)CC)C=C2)c(SS(=O)(=O)[O-])c1.CCN(CC)c1ccc2nc3ccc(=[N+](CC)CC)cc-3sc2c1. The minimum Gasteiger partial charge on any atom is -0.739 e. The van der Waals surface area contributed by atoms with E-state index in [9.17, 15) is 21.4 Å². The van der Waals surface area contributed by atoms with Crippen LogP contribution in [-0.2, 0) is 18.3 Å². The molecule has 0 radical (unpaired) electrons. The standard InChI is InChI=1S/C20H27N3O3S2.C20H26N3S.C10H16N2O3S2.C10H16N2.CH4/c1-5-22(6-2)17-11-9-16(10-12-17)21-19-14-13-18(23(7-3)8-4)15-20(19)27-28(24,25)26;1-5-22(6-2)15-9-11-17-19(13-15)24-20-14-16(23(7-3)8-4)10-12-18(20)21-17;1-3-12(4-2)8-5-6-9(11)10(7-8)16-17(13,14)15;1-3-12(4-2)10-7-5-9(11)6-8-10;/h9-15H,5-8H2,1-4H3;9-14H,5-8H2,1-4H3;5-7H,3-4,11H2,1-2H3,(H,13,14,15);5-8H,3-4,11H2,1-2H3;1H4/q;+1;;;. The summed E-state index contributed by atoms with van der Waals surface area (Å²) in [5.74, 6) is 0. The van der Waals surface area contributed by atoms with E-state index < -0.39 is 18.3 Å². The number of fused-ring (bicyclic) bond motifs is 2. The van der Waals surface area contributed by atoms with Gasteiger partial charge in [-0.1, -0.05) is 7.43 Å². The smallest absolute Gasteiger partial charge is 0.324 e. The van der Waals surface area contributed by atoms with Crippen molar-refractivity contribution >= 4 is 113 Å². The number of rotatable bonds is 21. The Hall–Kier alpha value is -5.94. The quantitative estimate of drug-likeness (QED) is 0.0153. The van der Waals surface area contributed by atoms with Crippen LogP contribution in [0, 0.1) is 0 Å². The van der Waals surface area contributed by atoms with Crippen LogP contribution >= 0.6 is 32.9 Å². The van der Waals surface area contributed by atoms with Gasteiger partial charge < -0.3 is 35.6 Å². The van der Waals surface area contributed by atoms with E-state index in [2.05, 4.69) is 138 Å². The van der Waals surface area contributed by atoms with Gasteiger partial charge in [0.1, 0.15) is 26.2 Å². The van der Waals surface area contributed by atoms with Crippen molar-refractivity contribution in [1.82, 2.24) is 9.56 Å². The number of benzene rings is 5. The second kappa shape index (κ2) is 34.6. The first-order valence-corrected chi connectivity index (χ1v) is 34.2. The number of nitrogen functional groups attached to an aromatic ring is 2. The van der Waals surface area contributed by atoms with Gasteiger partial charge in [0.05, 0.1) is 37.1 Å². The van der Waals surface area contributed by atoms with Crippen LogP contribution in [0.4, 0.5) is 39.8 Å². The van der Waals surface area contributed by atoms with Gasteiger partial charge in [0.15, 0.2) is 14.9 Å². The summed E-state index contributed by atoms with van der Waals surface area (Å²) in [6.45, 7) is 36.6. The average Bonchev–Trinajstić information content (AvgIpc) is 3.64. The van der Waals surface area contributed by atoms with Crippen LogP contribution < -0.4 is 41.0 Å². The number of nitrogens with two attached hydrogens (primary N) is 2. The Morgan fingerprint density at radius 1 is 0.561 bits per heavy atom. The first-order valence-electron chi connectivity index (χ1n) is 27.9. The first kappa shape index (κ1) is 70.3. The van der Waals surface area contributed by atoms with Gasteiger partial charge in [0, 0.05) is 126 Å². The predicted molar refractivity (Wildman–Crippen MR) is 356 cm³/mol. The molecule has 4 aromatic rings. The molecule has 21 heteroatoms. The molecule has 0 spiro atoms. The highest BCUT2D eigenvalue weighted by molar-refractivity contribution is 8.70. The molecule has 1 aliphatic heterocycles. The average molecular weight is 1220 g/mol. The Balaban J connectivity index is 0.000000298. The maximum absolute atomic E-state index is 11.4. The highest BCUT2D eigenvalue weighted by atomic mass is 33.2. The highest BCUT2D eigenvalue weighted by Gasteiger charge is 2.16. The Morgan fingerprint density at radius 2 is 1.02 bits per heavy atom. The van der Waals surface area contributed by atoms with E-state index in [4.69, 9.17) is 21.0 Å². The maximum atomic E-state index is 11.4. The summed E-state index contributed by atoms with van der Waals surface area (Å²) in [5, 5.41) is 1.28. The number of aromatic nitrogens is 1. The fourth-order valence-corrected chi connectivity index (χ4v) is 13.3. The zero-order valence-electron chi connectivity index (χ0n) is 49.3. The second-order valence-corrected chi connectivity index (χ2v) is 25.6. The van der Waals surface area contributed by atoms with Crippen LogP contribution in [0.3, 0.4) is 0 Å². The van der Waals surface area contributed by atoms with Crippen LogP contribution in [0.5, 0.6) is 0 Å². The minimum absolute atomic E-state index is 0. The molecule has 3 aliphatic rings. The molecule has 1 heterocycles. The number of anilines is 6. The van der Waals surface area contributed by atoms with Gasteiger partial charge in [-0.15, -0.1) is 11.3 Å². The van der Waals surface area contributed by atoms with Crippen molar-refractivity contribution in [2.24, 2.45) is 4.99 Å². The highest BCUT2D eigenvalue weighted by Crippen LogP contribution is 2.37. The molecule has 0 saturated carbocycles. The summed E-state index contributed by atoms with van der Waals surface area (Å²) in [6.07, 6.45) is 7.78.